The lowest BCUT2D eigenvalue weighted by atomic mass is 10.2. The number of nitrogens with two attached hydrogens (primary N) is 1. The zero-order chi connectivity index (χ0) is 13.1. The van der Waals surface area contributed by atoms with E-state index < -0.39 is 0 Å². The zero-order valence-corrected chi connectivity index (χ0v) is 11.5. The van der Waals surface area contributed by atoms with E-state index in [-0.39, 0.29) is 10.8 Å². The van der Waals surface area contributed by atoms with E-state index in [1.54, 1.807) is 23.5 Å². The molecular weight excluding hydrogens is 267 g/mol. The molecule has 0 saturated heterocycles. The van der Waals surface area contributed by atoms with E-state index >= 15 is 0 Å². The first-order valence-corrected chi connectivity index (χ1v) is 6.78. The second kappa shape index (κ2) is 5.46. The van der Waals surface area contributed by atoms with E-state index in [0.29, 0.717) is 17.8 Å². The van der Waals surface area contributed by atoms with Crippen molar-refractivity contribution in [3.05, 3.63) is 51.5 Å². The van der Waals surface area contributed by atoms with Gasteiger partial charge in [0, 0.05) is 12.1 Å². The van der Waals surface area contributed by atoms with Gasteiger partial charge in [0.25, 0.3) is 0 Å². The summed E-state index contributed by atoms with van der Waals surface area (Å²) in [6.45, 7) is 2.65. The van der Waals surface area contributed by atoms with Gasteiger partial charge in [-0.15, -0.1) is 0 Å². The minimum Gasteiger partial charge on any atom is -0.389 e. The van der Waals surface area contributed by atoms with E-state index in [1.807, 2.05) is 6.92 Å². The highest BCUT2D eigenvalue weighted by Gasteiger charge is 2.06. The van der Waals surface area contributed by atoms with E-state index in [9.17, 15) is 4.39 Å². The quantitative estimate of drug-likeness (QED) is 0.843. The first-order valence-electron chi connectivity index (χ1n) is 5.43. The van der Waals surface area contributed by atoms with Gasteiger partial charge in [-0.05, 0) is 47.0 Å². The smallest absolute Gasteiger partial charge is 0.146 e. The number of hydrogen-bond donors (Lipinski definition) is 2. The van der Waals surface area contributed by atoms with Crippen molar-refractivity contribution in [2.75, 3.05) is 5.32 Å². The van der Waals surface area contributed by atoms with E-state index in [1.165, 1.54) is 17.2 Å². The molecule has 1 heterocycles. The highest BCUT2D eigenvalue weighted by molar-refractivity contribution is 7.80. The number of aryl methyl sites for hydroxylation is 1. The Labute approximate surface area is 115 Å². The summed E-state index contributed by atoms with van der Waals surface area (Å²) in [6, 6.07) is 4.73. The number of thiocarbonyl (C=S) groups is 1. The molecule has 1 aromatic heterocycles. The predicted molar refractivity (Wildman–Crippen MR) is 78.7 cm³/mol. The Kier molecular flexibility index (Phi) is 3.93. The molecular formula is C13H13FN2S2. The Morgan fingerprint density at radius 3 is 2.78 bits per heavy atom. The Balaban J connectivity index is 2.11. The van der Waals surface area contributed by atoms with Gasteiger partial charge in [-0.2, -0.15) is 11.3 Å². The van der Waals surface area contributed by atoms with Crippen molar-refractivity contribution in [2.45, 2.75) is 13.5 Å². The number of rotatable bonds is 4. The predicted octanol–water partition coefficient (Wildman–Crippen LogP) is 3.44. The molecule has 0 spiro atoms. The molecule has 0 radical (unpaired) electrons. The lowest BCUT2D eigenvalue weighted by Gasteiger charge is -2.08. The molecule has 2 nitrogen and oxygen atoms in total. The van der Waals surface area contributed by atoms with Crippen LogP contribution in [0, 0.1) is 12.7 Å². The van der Waals surface area contributed by atoms with Crippen LogP contribution in [-0.2, 0) is 6.54 Å². The van der Waals surface area contributed by atoms with Crippen LogP contribution in [0.1, 0.15) is 16.7 Å². The van der Waals surface area contributed by atoms with Crippen LogP contribution in [0.4, 0.5) is 10.1 Å². The van der Waals surface area contributed by atoms with Crippen molar-refractivity contribution >= 4 is 34.2 Å². The summed E-state index contributed by atoms with van der Waals surface area (Å²) in [4.78, 5) is 0.203. The van der Waals surface area contributed by atoms with Gasteiger partial charge in [-0.3, -0.25) is 0 Å². The number of anilines is 1. The molecule has 0 unspecified atom stereocenters. The van der Waals surface area contributed by atoms with Gasteiger partial charge >= 0.3 is 0 Å². The van der Waals surface area contributed by atoms with Crippen LogP contribution in [0.15, 0.2) is 29.0 Å². The van der Waals surface area contributed by atoms with Crippen LogP contribution in [-0.4, -0.2) is 4.99 Å². The molecule has 18 heavy (non-hydrogen) atoms. The number of benzene rings is 1. The summed E-state index contributed by atoms with van der Waals surface area (Å²) in [5, 5.41) is 7.20. The normalized spacial score (nSPS) is 10.3. The molecule has 0 aliphatic heterocycles. The summed E-state index contributed by atoms with van der Waals surface area (Å²) in [5.74, 6) is -0.340. The monoisotopic (exact) mass is 280 g/mol. The Hall–Kier alpha value is -1.46. The number of hydrogen-bond acceptors (Lipinski definition) is 3. The summed E-state index contributed by atoms with van der Waals surface area (Å²) >= 11 is 6.45. The molecule has 5 heteroatoms. The molecule has 0 saturated carbocycles. The van der Waals surface area contributed by atoms with E-state index in [4.69, 9.17) is 18.0 Å². The molecule has 2 aromatic rings. The molecule has 0 aliphatic rings. The second-order valence-corrected chi connectivity index (χ2v) is 5.18. The molecule has 0 aliphatic carbocycles. The highest BCUT2D eigenvalue weighted by Crippen LogP contribution is 2.19. The topological polar surface area (TPSA) is 38.0 Å². The molecule has 0 amide bonds. The van der Waals surface area contributed by atoms with Crippen molar-refractivity contribution in [3.8, 4) is 0 Å². The fraction of sp³-hybridized carbons (Fsp3) is 0.154. The molecule has 0 fully saturated rings. The third-order valence-corrected chi connectivity index (χ3v) is 3.83. The van der Waals surface area contributed by atoms with Gasteiger partial charge in [-0.25, -0.2) is 4.39 Å². The highest BCUT2D eigenvalue weighted by atomic mass is 32.1. The first-order chi connectivity index (χ1) is 8.58. The van der Waals surface area contributed by atoms with Gasteiger partial charge < -0.3 is 11.1 Å². The van der Waals surface area contributed by atoms with Crippen molar-refractivity contribution in [3.63, 3.8) is 0 Å². The standard InChI is InChI=1S/C13H13FN2S2/c1-8-6-18-7-10(8)5-16-12-3-2-9(13(15)17)4-11(12)14/h2-4,6-7,16H,5H2,1H3,(H2,15,17). The minimum absolute atomic E-state index is 0.203. The Morgan fingerprint density at radius 2 is 2.22 bits per heavy atom. The Bertz CT molecular complexity index is 578. The average molecular weight is 280 g/mol. The molecule has 0 atom stereocenters. The van der Waals surface area contributed by atoms with Crippen LogP contribution in [0.2, 0.25) is 0 Å². The lowest BCUT2D eigenvalue weighted by Crippen LogP contribution is -2.10. The average Bonchev–Trinajstić information content (AvgIpc) is 2.73. The fourth-order valence-corrected chi connectivity index (χ4v) is 2.55. The first kappa shape index (κ1) is 13.0. The second-order valence-electron chi connectivity index (χ2n) is 3.99. The largest absolute Gasteiger partial charge is 0.389 e. The molecule has 94 valence electrons. The van der Waals surface area contributed by atoms with Crippen molar-refractivity contribution in [2.24, 2.45) is 5.73 Å². The van der Waals surface area contributed by atoms with Gasteiger partial charge in [0.2, 0.25) is 0 Å². The summed E-state index contributed by atoms with van der Waals surface area (Å²) in [5.41, 5.74) is 8.84. The van der Waals surface area contributed by atoms with Crippen molar-refractivity contribution in [1.29, 1.82) is 0 Å². The Morgan fingerprint density at radius 1 is 1.44 bits per heavy atom. The van der Waals surface area contributed by atoms with Crippen LogP contribution in [0.5, 0.6) is 0 Å². The molecule has 3 N–H and O–H groups in total. The van der Waals surface area contributed by atoms with Crippen LogP contribution >= 0.6 is 23.6 Å². The molecule has 2 rings (SSSR count). The van der Waals surface area contributed by atoms with Crippen LogP contribution < -0.4 is 11.1 Å². The maximum absolute atomic E-state index is 13.8. The SMILES string of the molecule is Cc1cscc1CNc1ccc(C(N)=S)cc1F. The summed E-state index contributed by atoms with van der Waals surface area (Å²) in [7, 11) is 0. The van der Waals surface area contributed by atoms with Gasteiger partial charge in [-0.1, -0.05) is 12.2 Å². The fourth-order valence-electron chi connectivity index (χ4n) is 1.57. The van der Waals surface area contributed by atoms with Crippen molar-refractivity contribution < 1.29 is 4.39 Å². The van der Waals surface area contributed by atoms with Gasteiger partial charge in [0.15, 0.2) is 0 Å². The van der Waals surface area contributed by atoms with Crippen molar-refractivity contribution in [1.82, 2.24) is 0 Å². The lowest BCUT2D eigenvalue weighted by molar-refractivity contribution is 0.630. The number of halogens is 1. The third kappa shape index (κ3) is 2.86. The summed E-state index contributed by atoms with van der Waals surface area (Å²) < 4.78 is 13.8. The summed E-state index contributed by atoms with van der Waals surface area (Å²) in [6.07, 6.45) is 0. The molecule has 0 bridgehead atoms. The third-order valence-electron chi connectivity index (χ3n) is 2.68. The number of thiophene rings is 1. The van der Waals surface area contributed by atoms with Gasteiger partial charge in [0.1, 0.15) is 10.8 Å². The zero-order valence-electron chi connectivity index (χ0n) is 9.87. The minimum atomic E-state index is -0.340. The van der Waals surface area contributed by atoms with Crippen LogP contribution in [0.3, 0.4) is 0 Å². The number of nitrogens with one attached hydrogen (secondary N) is 1. The maximum Gasteiger partial charge on any atom is 0.146 e. The van der Waals surface area contributed by atoms with Crippen LogP contribution in [0.25, 0.3) is 0 Å². The van der Waals surface area contributed by atoms with Gasteiger partial charge in [0.05, 0.1) is 5.69 Å². The molecule has 1 aromatic carbocycles. The van der Waals surface area contributed by atoms with E-state index in [2.05, 4.69) is 16.1 Å². The maximum atomic E-state index is 13.8. The van der Waals surface area contributed by atoms with E-state index in [0.717, 1.165) is 0 Å².